The Morgan fingerprint density at radius 3 is 2.60 bits per heavy atom. The lowest BCUT2D eigenvalue weighted by atomic mass is 9.92. The lowest BCUT2D eigenvalue weighted by Gasteiger charge is -2.33. The highest BCUT2D eigenvalue weighted by Gasteiger charge is 2.23. The molecule has 0 aromatic rings. The summed E-state index contributed by atoms with van der Waals surface area (Å²) in [4.78, 5) is 6.41. The summed E-state index contributed by atoms with van der Waals surface area (Å²) < 4.78 is 0. The van der Waals surface area contributed by atoms with Crippen molar-refractivity contribution in [2.75, 3.05) is 19.6 Å². The molecule has 1 atom stereocenters. The fourth-order valence-corrected chi connectivity index (χ4v) is 1.94. The van der Waals surface area contributed by atoms with Crippen LogP contribution in [0.25, 0.3) is 0 Å². The summed E-state index contributed by atoms with van der Waals surface area (Å²) in [7, 11) is 0. The second kappa shape index (κ2) is 5.95. The summed E-state index contributed by atoms with van der Waals surface area (Å²) in [5.74, 6) is 1.10. The van der Waals surface area contributed by atoms with Gasteiger partial charge in [-0.25, -0.2) is 0 Å². The molecule has 0 aliphatic carbocycles. The molecule has 0 radical (unpaired) electrons. The number of likely N-dealkylation sites (tertiary alicyclic amines) is 1. The smallest absolute Gasteiger partial charge is 0.191 e. The number of hydrogen-bond donors (Lipinski definition) is 2. The first kappa shape index (κ1) is 12.3. The van der Waals surface area contributed by atoms with Crippen molar-refractivity contribution in [3.63, 3.8) is 0 Å². The number of guanidine groups is 1. The van der Waals surface area contributed by atoms with Crippen molar-refractivity contribution in [2.45, 2.75) is 39.2 Å². The Bertz CT molecular complexity index is 208. The third kappa shape index (κ3) is 3.70. The molecule has 0 spiro atoms. The van der Waals surface area contributed by atoms with Gasteiger partial charge < -0.3 is 15.7 Å². The predicted molar refractivity (Wildman–Crippen MR) is 62.8 cm³/mol. The number of hydrogen-bond acceptors (Lipinski definition) is 2. The van der Waals surface area contributed by atoms with E-state index in [9.17, 15) is 5.11 Å². The monoisotopic (exact) mass is 213 g/mol. The van der Waals surface area contributed by atoms with Gasteiger partial charge in [-0.1, -0.05) is 6.92 Å². The standard InChI is InChI=1S/C11H23N3O/c1-3-6-13-11(12)14-7-4-10(5-8-14)9(2)15/h9-10,15H,3-8H2,1-2H3,(H2,12,13). The van der Waals surface area contributed by atoms with E-state index in [0.29, 0.717) is 11.9 Å². The zero-order chi connectivity index (χ0) is 11.3. The van der Waals surface area contributed by atoms with Gasteiger partial charge in [0.2, 0.25) is 0 Å². The fourth-order valence-electron chi connectivity index (χ4n) is 1.94. The SMILES string of the molecule is CCCN=C(N)N1CCC(C(C)O)CC1. The van der Waals surface area contributed by atoms with E-state index >= 15 is 0 Å². The number of rotatable bonds is 3. The van der Waals surface area contributed by atoms with Crippen LogP contribution in [-0.4, -0.2) is 41.7 Å². The van der Waals surface area contributed by atoms with Crippen LogP contribution >= 0.6 is 0 Å². The van der Waals surface area contributed by atoms with E-state index < -0.39 is 0 Å². The molecular weight excluding hydrogens is 190 g/mol. The highest BCUT2D eigenvalue weighted by molar-refractivity contribution is 5.78. The van der Waals surface area contributed by atoms with Gasteiger partial charge in [0, 0.05) is 19.6 Å². The van der Waals surface area contributed by atoms with Crippen LogP contribution in [0.3, 0.4) is 0 Å². The largest absolute Gasteiger partial charge is 0.393 e. The summed E-state index contributed by atoms with van der Waals surface area (Å²) in [5, 5.41) is 9.46. The minimum Gasteiger partial charge on any atom is -0.393 e. The van der Waals surface area contributed by atoms with Gasteiger partial charge in [0.05, 0.1) is 6.10 Å². The average molecular weight is 213 g/mol. The first-order valence-electron chi connectivity index (χ1n) is 5.88. The summed E-state index contributed by atoms with van der Waals surface area (Å²) in [6, 6.07) is 0. The molecule has 1 unspecified atom stereocenters. The quantitative estimate of drug-likeness (QED) is 0.538. The zero-order valence-electron chi connectivity index (χ0n) is 9.82. The molecule has 4 nitrogen and oxygen atoms in total. The van der Waals surface area contributed by atoms with Gasteiger partial charge in [-0.15, -0.1) is 0 Å². The van der Waals surface area contributed by atoms with E-state index in [4.69, 9.17) is 5.73 Å². The third-order valence-corrected chi connectivity index (χ3v) is 3.04. The van der Waals surface area contributed by atoms with Crippen LogP contribution in [-0.2, 0) is 0 Å². The number of piperidine rings is 1. The number of nitrogens with two attached hydrogens (primary N) is 1. The molecule has 0 aromatic carbocycles. The Labute approximate surface area is 92.2 Å². The zero-order valence-corrected chi connectivity index (χ0v) is 9.82. The summed E-state index contributed by atoms with van der Waals surface area (Å²) in [6.45, 7) is 6.62. The first-order chi connectivity index (χ1) is 7.15. The second-order valence-corrected chi connectivity index (χ2v) is 4.31. The highest BCUT2D eigenvalue weighted by Crippen LogP contribution is 2.20. The van der Waals surface area contributed by atoms with E-state index in [2.05, 4.69) is 16.8 Å². The van der Waals surface area contributed by atoms with Gasteiger partial charge in [0.25, 0.3) is 0 Å². The van der Waals surface area contributed by atoms with Gasteiger partial charge in [-0.2, -0.15) is 0 Å². The molecule has 0 bridgehead atoms. The van der Waals surface area contributed by atoms with E-state index in [0.717, 1.165) is 38.9 Å². The molecule has 1 rings (SSSR count). The Kier molecular flexibility index (Phi) is 4.88. The van der Waals surface area contributed by atoms with Gasteiger partial charge >= 0.3 is 0 Å². The van der Waals surface area contributed by atoms with E-state index in [1.54, 1.807) is 0 Å². The van der Waals surface area contributed by atoms with Gasteiger partial charge in [0.1, 0.15) is 0 Å². The van der Waals surface area contributed by atoms with Crippen molar-refractivity contribution < 1.29 is 5.11 Å². The van der Waals surface area contributed by atoms with Crippen molar-refractivity contribution >= 4 is 5.96 Å². The van der Waals surface area contributed by atoms with Crippen molar-refractivity contribution in [3.05, 3.63) is 0 Å². The molecule has 1 heterocycles. The lowest BCUT2D eigenvalue weighted by Crippen LogP contribution is -2.44. The minimum atomic E-state index is -0.194. The molecule has 4 heteroatoms. The van der Waals surface area contributed by atoms with Crippen LogP contribution in [0.1, 0.15) is 33.1 Å². The maximum Gasteiger partial charge on any atom is 0.191 e. The maximum atomic E-state index is 9.46. The molecule has 1 saturated heterocycles. The van der Waals surface area contributed by atoms with Crippen LogP contribution in [0.5, 0.6) is 0 Å². The maximum absolute atomic E-state index is 9.46. The molecule has 1 fully saturated rings. The minimum absolute atomic E-state index is 0.194. The van der Waals surface area contributed by atoms with Crippen molar-refractivity contribution in [3.8, 4) is 0 Å². The molecule has 0 aromatic heterocycles. The van der Waals surface area contributed by atoms with Crippen LogP contribution in [0.2, 0.25) is 0 Å². The normalized spacial score (nSPS) is 21.8. The molecule has 0 amide bonds. The summed E-state index contributed by atoms with van der Waals surface area (Å²) >= 11 is 0. The van der Waals surface area contributed by atoms with Crippen molar-refractivity contribution in [2.24, 2.45) is 16.6 Å². The van der Waals surface area contributed by atoms with Crippen LogP contribution in [0.15, 0.2) is 4.99 Å². The van der Waals surface area contributed by atoms with Crippen LogP contribution in [0, 0.1) is 5.92 Å². The van der Waals surface area contributed by atoms with Gasteiger partial charge in [-0.05, 0) is 32.1 Å². The first-order valence-corrected chi connectivity index (χ1v) is 5.88. The second-order valence-electron chi connectivity index (χ2n) is 4.31. The number of nitrogens with zero attached hydrogens (tertiary/aromatic N) is 2. The Hall–Kier alpha value is -0.770. The molecule has 1 aliphatic rings. The third-order valence-electron chi connectivity index (χ3n) is 3.04. The van der Waals surface area contributed by atoms with E-state index in [1.165, 1.54) is 0 Å². The van der Waals surface area contributed by atoms with Gasteiger partial charge in [0.15, 0.2) is 5.96 Å². The summed E-state index contributed by atoms with van der Waals surface area (Å²) in [5.41, 5.74) is 5.87. The Morgan fingerprint density at radius 2 is 2.13 bits per heavy atom. The molecular formula is C11H23N3O. The lowest BCUT2D eigenvalue weighted by molar-refractivity contribution is 0.0887. The molecule has 1 aliphatic heterocycles. The highest BCUT2D eigenvalue weighted by atomic mass is 16.3. The molecule has 0 saturated carbocycles. The molecule has 88 valence electrons. The van der Waals surface area contributed by atoms with Crippen LogP contribution in [0.4, 0.5) is 0 Å². The Balaban J connectivity index is 2.36. The predicted octanol–water partition coefficient (Wildman–Crippen LogP) is 0.804. The van der Waals surface area contributed by atoms with Gasteiger partial charge in [-0.3, -0.25) is 4.99 Å². The fraction of sp³-hybridized carbons (Fsp3) is 0.909. The number of aliphatic hydroxyl groups excluding tert-OH is 1. The van der Waals surface area contributed by atoms with E-state index in [1.807, 2.05) is 6.92 Å². The van der Waals surface area contributed by atoms with Crippen molar-refractivity contribution in [1.82, 2.24) is 4.90 Å². The number of aliphatic hydroxyl groups is 1. The Morgan fingerprint density at radius 1 is 1.53 bits per heavy atom. The molecule has 15 heavy (non-hydrogen) atoms. The molecule has 3 N–H and O–H groups in total. The topological polar surface area (TPSA) is 61.8 Å². The van der Waals surface area contributed by atoms with E-state index in [-0.39, 0.29) is 6.10 Å². The number of aliphatic imine (C=N–C) groups is 1. The summed E-state index contributed by atoms with van der Waals surface area (Å²) in [6.07, 6.45) is 2.87. The average Bonchev–Trinajstić information content (AvgIpc) is 2.26. The van der Waals surface area contributed by atoms with Crippen LogP contribution < -0.4 is 5.73 Å². The van der Waals surface area contributed by atoms with Crippen molar-refractivity contribution in [1.29, 1.82) is 0 Å².